The first-order chi connectivity index (χ1) is 23.5. The highest BCUT2D eigenvalue weighted by atomic mass is 32.2. The fourth-order valence-electron chi connectivity index (χ4n) is 5.31. The molecule has 0 saturated heterocycles. The maximum atomic E-state index is 14.0. The summed E-state index contributed by atoms with van der Waals surface area (Å²) in [7, 11) is 0. The minimum Gasteiger partial charge on any atom is -0.478 e. The molecule has 0 unspecified atom stereocenters. The minimum absolute atomic E-state index is 0.0908. The zero-order valence-corrected chi connectivity index (χ0v) is 28.3. The number of alkyl carbamates (subject to hydrolysis) is 1. The van der Waals surface area contributed by atoms with Crippen LogP contribution in [0.1, 0.15) is 47.8 Å². The van der Waals surface area contributed by atoms with Gasteiger partial charge in [0, 0.05) is 17.5 Å². The van der Waals surface area contributed by atoms with Crippen LogP contribution in [0.2, 0.25) is 0 Å². The van der Waals surface area contributed by atoms with Gasteiger partial charge in [-0.3, -0.25) is 4.79 Å². The maximum Gasteiger partial charge on any atom is 0.408 e. The van der Waals surface area contributed by atoms with Crippen LogP contribution in [0.25, 0.3) is 0 Å². The summed E-state index contributed by atoms with van der Waals surface area (Å²) in [6.45, 7) is 5.29. The topological polar surface area (TPSA) is 114 Å². The number of benzene rings is 5. The molecule has 8 nitrogen and oxygen atoms in total. The van der Waals surface area contributed by atoms with E-state index in [1.165, 1.54) is 12.1 Å². The van der Waals surface area contributed by atoms with Gasteiger partial charge in [0.05, 0.1) is 10.3 Å². The second-order valence-corrected chi connectivity index (χ2v) is 13.5. The predicted molar refractivity (Wildman–Crippen MR) is 193 cm³/mol. The van der Waals surface area contributed by atoms with Crippen molar-refractivity contribution in [1.29, 1.82) is 0 Å². The van der Waals surface area contributed by atoms with Crippen LogP contribution in [-0.2, 0) is 14.3 Å². The zero-order chi connectivity index (χ0) is 34.9. The molecule has 250 valence electrons. The van der Waals surface area contributed by atoms with Crippen molar-refractivity contribution < 1.29 is 29.0 Å². The van der Waals surface area contributed by atoms with Gasteiger partial charge in [-0.2, -0.15) is 0 Å². The average Bonchev–Trinajstić information content (AvgIpc) is 3.09. The molecule has 3 N–H and O–H groups in total. The highest BCUT2D eigenvalue weighted by Crippen LogP contribution is 2.48. The molecule has 0 aliphatic heterocycles. The third-order valence-corrected chi connectivity index (χ3v) is 9.07. The van der Waals surface area contributed by atoms with E-state index in [0.717, 1.165) is 16.7 Å². The number of hydrogen-bond donors (Lipinski definition) is 3. The van der Waals surface area contributed by atoms with Gasteiger partial charge in [0.25, 0.3) is 0 Å². The van der Waals surface area contributed by atoms with Crippen LogP contribution >= 0.6 is 11.8 Å². The number of rotatable bonds is 12. The summed E-state index contributed by atoms with van der Waals surface area (Å²) in [5.74, 6) is -0.608. The van der Waals surface area contributed by atoms with Gasteiger partial charge in [0.15, 0.2) is 0 Å². The summed E-state index contributed by atoms with van der Waals surface area (Å²) < 4.78 is 10.7. The van der Waals surface area contributed by atoms with Crippen molar-refractivity contribution in [2.75, 3.05) is 11.1 Å². The van der Waals surface area contributed by atoms with E-state index in [0.29, 0.717) is 17.2 Å². The highest BCUT2D eigenvalue weighted by Gasteiger charge is 2.39. The van der Waals surface area contributed by atoms with Crippen LogP contribution in [0.5, 0.6) is 11.5 Å². The zero-order valence-electron chi connectivity index (χ0n) is 27.5. The quantitative estimate of drug-likeness (QED) is 0.113. The van der Waals surface area contributed by atoms with Gasteiger partial charge in [-0.15, -0.1) is 11.8 Å². The smallest absolute Gasteiger partial charge is 0.408 e. The molecule has 0 bridgehead atoms. The highest BCUT2D eigenvalue weighted by molar-refractivity contribution is 8.00. The monoisotopic (exact) mass is 674 g/mol. The third-order valence-electron chi connectivity index (χ3n) is 7.43. The Balaban J connectivity index is 1.46. The van der Waals surface area contributed by atoms with E-state index in [1.807, 2.05) is 54.6 Å². The molecular weight excluding hydrogens is 637 g/mol. The van der Waals surface area contributed by atoms with E-state index >= 15 is 0 Å². The van der Waals surface area contributed by atoms with Gasteiger partial charge in [-0.1, -0.05) is 103 Å². The molecule has 0 radical (unpaired) electrons. The molecule has 0 aliphatic carbocycles. The van der Waals surface area contributed by atoms with Gasteiger partial charge in [-0.05, 0) is 67.8 Å². The van der Waals surface area contributed by atoms with Crippen molar-refractivity contribution in [3.05, 3.63) is 162 Å². The normalized spacial score (nSPS) is 12.0. The summed E-state index contributed by atoms with van der Waals surface area (Å²) >= 11 is 1.54. The van der Waals surface area contributed by atoms with Crippen LogP contribution in [0.4, 0.5) is 10.5 Å². The molecule has 0 saturated carbocycles. The molecule has 0 aliphatic rings. The average molecular weight is 675 g/mol. The first-order valence-corrected chi connectivity index (χ1v) is 16.7. The number of carbonyl (C=O) groups is 3. The lowest BCUT2D eigenvalue weighted by Gasteiger charge is -2.36. The second kappa shape index (κ2) is 15.6. The molecule has 5 rings (SSSR count). The van der Waals surface area contributed by atoms with Crippen molar-refractivity contribution in [3.8, 4) is 11.5 Å². The maximum absolute atomic E-state index is 14.0. The number of aromatic carboxylic acids is 1. The van der Waals surface area contributed by atoms with Gasteiger partial charge in [-0.25, -0.2) is 9.59 Å². The molecule has 2 amide bonds. The SMILES string of the molecule is CC(C)(C)OC(=O)N[C@@H](CSC(c1ccccc1)(c1ccccc1)c1ccccc1)C(=O)Nc1cccc(Oc2cccc(C(=O)O)c2)c1. The van der Waals surface area contributed by atoms with E-state index in [1.54, 1.807) is 68.9 Å². The largest absolute Gasteiger partial charge is 0.478 e. The summed E-state index contributed by atoms with van der Waals surface area (Å²) in [6, 6.07) is 42.2. The van der Waals surface area contributed by atoms with Crippen LogP contribution in [0.15, 0.2) is 140 Å². The Morgan fingerprint density at radius 2 is 1.20 bits per heavy atom. The van der Waals surface area contributed by atoms with Gasteiger partial charge < -0.3 is 25.2 Å². The van der Waals surface area contributed by atoms with Crippen molar-refractivity contribution >= 4 is 35.4 Å². The fourth-order valence-corrected chi connectivity index (χ4v) is 6.86. The van der Waals surface area contributed by atoms with Crippen molar-refractivity contribution in [3.63, 3.8) is 0 Å². The van der Waals surface area contributed by atoms with E-state index in [9.17, 15) is 19.5 Å². The van der Waals surface area contributed by atoms with Crippen LogP contribution in [-0.4, -0.2) is 40.5 Å². The number of amides is 2. The molecular formula is C40H38N2O6S. The molecule has 5 aromatic rings. The first-order valence-electron chi connectivity index (χ1n) is 15.8. The Hall–Kier alpha value is -5.54. The molecule has 49 heavy (non-hydrogen) atoms. The number of carboxylic acids is 1. The molecule has 5 aromatic carbocycles. The van der Waals surface area contributed by atoms with Crippen LogP contribution < -0.4 is 15.4 Å². The molecule has 0 aromatic heterocycles. The number of ether oxygens (including phenoxy) is 2. The van der Waals surface area contributed by atoms with E-state index in [2.05, 4.69) is 47.0 Å². The number of anilines is 1. The van der Waals surface area contributed by atoms with Gasteiger partial charge in [0.2, 0.25) is 5.91 Å². The second-order valence-electron chi connectivity index (χ2n) is 12.2. The minimum atomic E-state index is -1.07. The predicted octanol–water partition coefficient (Wildman–Crippen LogP) is 8.73. The number of thioether (sulfide) groups is 1. The van der Waals surface area contributed by atoms with E-state index in [4.69, 9.17) is 9.47 Å². The Morgan fingerprint density at radius 3 is 1.71 bits per heavy atom. The summed E-state index contributed by atoms with van der Waals surface area (Å²) in [4.78, 5) is 38.5. The Kier molecular flexibility index (Phi) is 11.1. The summed E-state index contributed by atoms with van der Waals surface area (Å²) in [5.41, 5.74) is 2.80. The molecule has 0 heterocycles. The lowest BCUT2D eigenvalue weighted by molar-refractivity contribution is -0.117. The molecule has 0 spiro atoms. The first kappa shape index (κ1) is 34.8. The fraction of sp³-hybridized carbons (Fsp3) is 0.175. The molecule has 9 heteroatoms. The molecule has 0 fully saturated rings. The number of carbonyl (C=O) groups excluding carboxylic acids is 2. The van der Waals surface area contributed by atoms with Crippen LogP contribution in [0, 0.1) is 0 Å². The number of carboxylic acid groups (broad SMARTS) is 1. The number of nitrogens with one attached hydrogen (secondary N) is 2. The third kappa shape index (κ3) is 9.09. The van der Waals surface area contributed by atoms with E-state index in [-0.39, 0.29) is 11.3 Å². The van der Waals surface area contributed by atoms with Crippen molar-refractivity contribution in [2.24, 2.45) is 0 Å². The summed E-state index contributed by atoms with van der Waals surface area (Å²) in [5, 5.41) is 15.1. The number of hydrogen-bond acceptors (Lipinski definition) is 6. The van der Waals surface area contributed by atoms with Gasteiger partial charge >= 0.3 is 12.1 Å². The lowest BCUT2D eigenvalue weighted by Crippen LogP contribution is -2.48. The summed E-state index contributed by atoms with van der Waals surface area (Å²) in [6.07, 6.45) is -0.714. The Bertz CT molecular complexity index is 1780. The van der Waals surface area contributed by atoms with Crippen molar-refractivity contribution in [1.82, 2.24) is 5.32 Å². The Labute approximate surface area is 290 Å². The lowest BCUT2D eigenvalue weighted by atomic mass is 9.84. The standard InChI is InChI=1S/C40H38N2O6S/c1-39(2,3)48-38(46)42-35(36(43)41-32-22-14-24-34(26-32)47-33-23-13-15-28(25-33)37(44)45)27-49-40(29-16-7-4-8-17-29,30-18-9-5-10-19-30)31-20-11-6-12-21-31/h4-26,35H,27H2,1-3H3,(H,41,43)(H,42,46)(H,44,45)/t35-/m0/s1. The van der Waals surface area contributed by atoms with Gasteiger partial charge in [0.1, 0.15) is 23.1 Å². The molecule has 1 atom stereocenters. The van der Waals surface area contributed by atoms with Crippen LogP contribution in [0.3, 0.4) is 0 Å². The van der Waals surface area contributed by atoms with E-state index < -0.39 is 34.4 Å². The Morgan fingerprint density at radius 1 is 0.694 bits per heavy atom. The van der Waals surface area contributed by atoms with Crippen molar-refractivity contribution in [2.45, 2.75) is 37.2 Å².